The third-order valence-electron chi connectivity index (χ3n) is 5.04. The third-order valence-corrected chi connectivity index (χ3v) is 5.53. The second kappa shape index (κ2) is 8.79. The van der Waals surface area contributed by atoms with Crippen molar-refractivity contribution in [1.29, 1.82) is 0 Å². The van der Waals surface area contributed by atoms with Crippen LogP contribution in [0.4, 0.5) is 13.2 Å². The summed E-state index contributed by atoms with van der Waals surface area (Å²) in [5.74, 6) is 0.881. The zero-order valence-corrected chi connectivity index (χ0v) is 17.6. The summed E-state index contributed by atoms with van der Waals surface area (Å²) >= 11 is 6.45. The maximum Gasteiger partial charge on any atom is 0.354 e. The molecule has 32 heavy (non-hydrogen) atoms. The molecule has 0 bridgehead atoms. The van der Waals surface area contributed by atoms with E-state index in [9.17, 15) is 33.1 Å². The Labute approximate surface area is 183 Å². The number of alkyl halides is 3. The number of ether oxygens (including phenoxy) is 1. The van der Waals surface area contributed by atoms with Gasteiger partial charge in [0.2, 0.25) is 5.60 Å². The molecule has 0 radical (unpaired) electrons. The lowest BCUT2D eigenvalue weighted by Gasteiger charge is -2.44. The highest BCUT2D eigenvalue weighted by Gasteiger charge is 2.60. The smallest absolute Gasteiger partial charge is 0.354 e. The first-order valence-electron chi connectivity index (χ1n) is 8.96. The van der Waals surface area contributed by atoms with Gasteiger partial charge in [0.1, 0.15) is 22.7 Å². The number of allylic oxidation sites excluding steroid dienone is 2. The first-order valence-corrected chi connectivity index (χ1v) is 9.34. The summed E-state index contributed by atoms with van der Waals surface area (Å²) in [6.07, 6.45) is -1.31. The second-order valence-corrected chi connectivity index (χ2v) is 7.78. The van der Waals surface area contributed by atoms with Crippen LogP contribution in [-0.4, -0.2) is 43.7 Å². The molecule has 0 aliphatic heterocycles. The van der Waals surface area contributed by atoms with E-state index in [2.05, 4.69) is 6.58 Å². The van der Waals surface area contributed by atoms with E-state index in [1.54, 1.807) is 0 Å². The molecule has 3 N–H and O–H groups in total. The van der Waals surface area contributed by atoms with E-state index in [0.29, 0.717) is 12.1 Å². The van der Waals surface area contributed by atoms with Gasteiger partial charge < -0.3 is 20.5 Å². The fourth-order valence-corrected chi connectivity index (χ4v) is 3.89. The number of nitrogens with two attached hydrogens (primary N) is 1. The molecule has 1 aliphatic rings. The highest BCUT2D eigenvalue weighted by atomic mass is 35.5. The van der Waals surface area contributed by atoms with Crippen LogP contribution < -0.4 is 17.1 Å². The van der Waals surface area contributed by atoms with Gasteiger partial charge in [-0.25, -0.2) is 32.0 Å². The van der Waals surface area contributed by atoms with Crippen molar-refractivity contribution in [2.75, 3.05) is 12.4 Å². The number of rotatable bonds is 8. The van der Waals surface area contributed by atoms with Crippen LogP contribution >= 0.6 is 11.6 Å². The van der Waals surface area contributed by atoms with Crippen molar-refractivity contribution in [2.45, 2.75) is 30.7 Å². The van der Waals surface area contributed by atoms with Crippen LogP contribution in [0.1, 0.15) is 26.0 Å². The fraction of sp³-hybridized carbons (Fsp3) is 0.368. The van der Waals surface area contributed by atoms with E-state index >= 15 is 4.39 Å². The van der Waals surface area contributed by atoms with Crippen LogP contribution in [0.15, 0.2) is 45.8 Å². The van der Waals surface area contributed by atoms with Crippen molar-refractivity contribution in [3.8, 4) is 0 Å². The number of aliphatic carboxylic acids is 1. The van der Waals surface area contributed by atoms with Gasteiger partial charge in [-0.15, -0.1) is 18.2 Å². The predicted molar refractivity (Wildman–Crippen MR) is 108 cm³/mol. The topological polar surface area (TPSA) is 134 Å². The maximum absolute atomic E-state index is 15.6. The molecule has 9 nitrogen and oxygen atoms in total. The van der Waals surface area contributed by atoms with Gasteiger partial charge in [0, 0.05) is 17.6 Å². The SMILES string of the molecule is C=CCOC1(C(=O)O)C=C(n2c(=O)cc(C(F)F)n(N)c2=O)C(F)=C(C(C)C=O)C1(C)Cl. The molecular formula is C19H19ClF3N3O6. The number of carbonyl (C=O) groups is 2. The van der Waals surface area contributed by atoms with Crippen molar-refractivity contribution in [1.82, 2.24) is 9.24 Å². The van der Waals surface area contributed by atoms with Crippen LogP contribution in [0.25, 0.3) is 5.70 Å². The molecule has 0 saturated heterocycles. The summed E-state index contributed by atoms with van der Waals surface area (Å²) in [6, 6.07) is 0.296. The van der Waals surface area contributed by atoms with Crippen LogP contribution in [0.3, 0.4) is 0 Å². The molecule has 1 aliphatic carbocycles. The normalized spacial score (nSPS) is 24.3. The Bertz CT molecular complexity index is 1150. The van der Waals surface area contributed by atoms with E-state index in [0.717, 1.165) is 6.92 Å². The minimum atomic E-state index is -3.30. The maximum atomic E-state index is 15.6. The van der Waals surface area contributed by atoms with Gasteiger partial charge in [-0.05, 0) is 13.0 Å². The molecule has 0 fully saturated rings. The fourth-order valence-electron chi connectivity index (χ4n) is 3.45. The molecular weight excluding hydrogens is 459 g/mol. The summed E-state index contributed by atoms with van der Waals surface area (Å²) in [4.78, 5) is 46.6. The summed E-state index contributed by atoms with van der Waals surface area (Å²) in [5.41, 5.74) is -8.35. The van der Waals surface area contributed by atoms with Gasteiger partial charge in [-0.1, -0.05) is 13.0 Å². The van der Waals surface area contributed by atoms with Gasteiger partial charge >= 0.3 is 11.7 Å². The Kier molecular flexibility index (Phi) is 6.90. The summed E-state index contributed by atoms with van der Waals surface area (Å²) in [7, 11) is 0. The van der Waals surface area contributed by atoms with Crippen molar-refractivity contribution in [3.05, 3.63) is 62.7 Å². The number of aromatic nitrogens is 2. The molecule has 0 aromatic carbocycles. The molecule has 1 aromatic heterocycles. The highest BCUT2D eigenvalue weighted by molar-refractivity contribution is 6.29. The summed E-state index contributed by atoms with van der Waals surface area (Å²) in [6.45, 7) is 5.26. The Morgan fingerprint density at radius 1 is 1.44 bits per heavy atom. The molecule has 3 atom stereocenters. The van der Waals surface area contributed by atoms with Crippen LogP contribution in [0.2, 0.25) is 0 Å². The Hall–Kier alpha value is -3.12. The Morgan fingerprint density at radius 2 is 2.03 bits per heavy atom. The number of aldehydes is 1. The zero-order chi connectivity index (χ0) is 24.6. The van der Waals surface area contributed by atoms with Gasteiger partial charge in [-0.2, -0.15) is 0 Å². The van der Waals surface area contributed by atoms with Crippen molar-refractivity contribution < 1.29 is 32.6 Å². The lowest BCUT2D eigenvalue weighted by Crippen LogP contribution is -2.59. The average molecular weight is 478 g/mol. The Morgan fingerprint density at radius 3 is 2.50 bits per heavy atom. The van der Waals surface area contributed by atoms with E-state index in [1.165, 1.54) is 13.0 Å². The molecule has 0 spiro atoms. The van der Waals surface area contributed by atoms with Crippen LogP contribution in [0.5, 0.6) is 0 Å². The van der Waals surface area contributed by atoms with Crippen molar-refractivity contribution >= 4 is 29.6 Å². The summed E-state index contributed by atoms with van der Waals surface area (Å²) in [5, 5.41) is 9.97. The standard InChI is InChI=1S/C19H19ClF3N3O6/c1-4-5-32-19(16(29)30)7-11(14(21)13(9(2)8-27)18(19,3)20)25-12(28)6-10(15(22)23)26(24)17(25)31/h4,6-9,15H,1,5,24H2,2-3H3,(H,29,30). The number of hydrogen-bond acceptors (Lipinski definition) is 6. The number of carbonyl (C=O) groups excluding carboxylic acids is 1. The minimum absolute atomic E-state index is 0.0554. The van der Waals surface area contributed by atoms with Gasteiger partial charge in [0.15, 0.2) is 0 Å². The largest absolute Gasteiger partial charge is 0.479 e. The van der Waals surface area contributed by atoms with Gasteiger partial charge in [0.05, 0.1) is 12.3 Å². The van der Waals surface area contributed by atoms with E-state index in [-0.39, 0.29) is 15.5 Å². The number of nitrogen functional groups attached to an aromatic ring is 1. The van der Waals surface area contributed by atoms with Gasteiger partial charge in [0.25, 0.3) is 12.0 Å². The molecule has 1 aromatic rings. The number of carboxylic acid groups (broad SMARTS) is 1. The molecule has 0 saturated carbocycles. The molecule has 174 valence electrons. The third kappa shape index (κ3) is 3.69. The molecule has 3 unspecified atom stereocenters. The molecule has 13 heteroatoms. The minimum Gasteiger partial charge on any atom is -0.479 e. The number of carboxylic acids is 1. The molecule has 1 heterocycles. The van der Waals surface area contributed by atoms with Crippen LogP contribution in [0, 0.1) is 5.92 Å². The predicted octanol–water partition coefficient (Wildman–Crippen LogP) is 1.60. The number of nitrogens with zero attached hydrogens (tertiary/aromatic N) is 2. The van der Waals surface area contributed by atoms with E-state index < -0.39 is 69.4 Å². The lowest BCUT2D eigenvalue weighted by molar-refractivity contribution is -0.161. The number of halogens is 4. The molecule has 0 amide bonds. The lowest BCUT2D eigenvalue weighted by atomic mass is 9.73. The second-order valence-electron chi connectivity index (χ2n) is 7.02. The number of hydrogen-bond donors (Lipinski definition) is 2. The summed E-state index contributed by atoms with van der Waals surface area (Å²) < 4.78 is 47.1. The monoisotopic (exact) mass is 477 g/mol. The first kappa shape index (κ1) is 25.1. The highest BCUT2D eigenvalue weighted by Crippen LogP contribution is 2.50. The zero-order valence-electron chi connectivity index (χ0n) is 16.9. The van der Waals surface area contributed by atoms with E-state index in [1.807, 2.05) is 0 Å². The Balaban J connectivity index is 3.06. The first-order chi connectivity index (χ1) is 14.8. The van der Waals surface area contributed by atoms with Crippen LogP contribution in [-0.2, 0) is 14.3 Å². The van der Waals surface area contributed by atoms with E-state index in [4.69, 9.17) is 22.2 Å². The molecule has 2 rings (SSSR count). The quantitative estimate of drug-likeness (QED) is 0.251. The van der Waals surface area contributed by atoms with Crippen molar-refractivity contribution in [3.63, 3.8) is 0 Å². The van der Waals surface area contributed by atoms with Crippen molar-refractivity contribution in [2.24, 2.45) is 5.92 Å². The van der Waals surface area contributed by atoms with Gasteiger partial charge in [-0.3, -0.25) is 4.79 Å². The average Bonchev–Trinajstić information content (AvgIpc) is 2.70.